The molecular weight excluding hydrogens is 320 g/mol. The van der Waals surface area contributed by atoms with E-state index in [9.17, 15) is 18.4 Å². The maximum atomic E-state index is 13.4. The Labute approximate surface area is 134 Å². The molecule has 1 aromatic carbocycles. The predicted octanol–water partition coefficient (Wildman–Crippen LogP) is 1.26. The summed E-state index contributed by atoms with van der Waals surface area (Å²) in [7, 11) is 0. The molecule has 0 fully saturated rings. The van der Waals surface area contributed by atoms with Gasteiger partial charge in [-0.05, 0) is 24.3 Å². The van der Waals surface area contributed by atoms with Crippen molar-refractivity contribution in [1.29, 1.82) is 0 Å². The van der Waals surface area contributed by atoms with Crippen LogP contribution in [-0.4, -0.2) is 26.4 Å². The molecule has 2 heterocycles. The van der Waals surface area contributed by atoms with Crippen molar-refractivity contribution in [2.24, 2.45) is 0 Å². The summed E-state index contributed by atoms with van der Waals surface area (Å²) in [5.41, 5.74) is 0.309. The SMILES string of the molecule is O=C(NCc1nnc2ccccn12)C(=O)Nc1ccc(F)cc1F. The van der Waals surface area contributed by atoms with Crippen LogP contribution >= 0.6 is 0 Å². The Morgan fingerprint density at radius 3 is 2.71 bits per heavy atom. The third kappa shape index (κ3) is 3.19. The summed E-state index contributed by atoms with van der Waals surface area (Å²) in [5, 5.41) is 12.2. The molecule has 2 aromatic heterocycles. The van der Waals surface area contributed by atoms with E-state index in [0.29, 0.717) is 17.5 Å². The average molecular weight is 331 g/mol. The van der Waals surface area contributed by atoms with Crippen molar-refractivity contribution in [3.63, 3.8) is 0 Å². The lowest BCUT2D eigenvalue weighted by Crippen LogP contribution is -2.35. The minimum Gasteiger partial charge on any atom is -0.341 e. The number of nitrogens with zero attached hydrogens (tertiary/aromatic N) is 3. The van der Waals surface area contributed by atoms with E-state index in [1.54, 1.807) is 28.8 Å². The summed E-state index contributed by atoms with van der Waals surface area (Å²) >= 11 is 0. The standard InChI is InChI=1S/C15H11F2N5O2/c16-9-4-5-11(10(17)7-9)19-15(24)14(23)18-8-13-21-20-12-3-1-2-6-22(12)13/h1-7H,8H2,(H,18,23)(H,19,24). The van der Waals surface area contributed by atoms with Crippen molar-refractivity contribution < 1.29 is 18.4 Å². The topological polar surface area (TPSA) is 88.4 Å². The summed E-state index contributed by atoms with van der Waals surface area (Å²) in [5.74, 6) is -3.38. The first-order valence-corrected chi connectivity index (χ1v) is 6.87. The number of amides is 2. The van der Waals surface area contributed by atoms with Gasteiger partial charge in [-0.3, -0.25) is 14.0 Å². The van der Waals surface area contributed by atoms with Crippen LogP contribution in [0.4, 0.5) is 14.5 Å². The molecule has 24 heavy (non-hydrogen) atoms. The highest BCUT2D eigenvalue weighted by molar-refractivity contribution is 6.39. The Bertz CT molecular complexity index is 925. The Kier molecular flexibility index (Phi) is 4.15. The molecule has 3 aromatic rings. The summed E-state index contributed by atoms with van der Waals surface area (Å²) < 4.78 is 27.9. The molecule has 0 spiro atoms. The van der Waals surface area contributed by atoms with Gasteiger partial charge in [-0.25, -0.2) is 8.78 Å². The first-order valence-electron chi connectivity index (χ1n) is 6.87. The van der Waals surface area contributed by atoms with Gasteiger partial charge < -0.3 is 10.6 Å². The van der Waals surface area contributed by atoms with Crippen molar-refractivity contribution in [3.8, 4) is 0 Å². The monoisotopic (exact) mass is 331 g/mol. The Balaban J connectivity index is 1.63. The molecule has 9 heteroatoms. The summed E-state index contributed by atoms with van der Waals surface area (Å²) in [4.78, 5) is 23.5. The minimum atomic E-state index is -1.07. The molecule has 2 N–H and O–H groups in total. The summed E-state index contributed by atoms with van der Waals surface area (Å²) in [6.45, 7) is -0.0384. The second-order valence-corrected chi connectivity index (χ2v) is 4.81. The highest BCUT2D eigenvalue weighted by Crippen LogP contribution is 2.14. The number of pyridine rings is 1. The van der Waals surface area contributed by atoms with Gasteiger partial charge in [0.15, 0.2) is 11.5 Å². The summed E-state index contributed by atoms with van der Waals surface area (Å²) in [6, 6.07) is 7.90. The van der Waals surface area contributed by atoms with Gasteiger partial charge in [0.2, 0.25) is 0 Å². The van der Waals surface area contributed by atoms with Crippen LogP contribution in [0.15, 0.2) is 42.6 Å². The second-order valence-electron chi connectivity index (χ2n) is 4.81. The number of carbonyl (C=O) groups excluding carboxylic acids is 2. The molecule has 0 atom stereocenters. The number of aromatic nitrogens is 3. The van der Waals surface area contributed by atoms with Crippen LogP contribution < -0.4 is 10.6 Å². The molecule has 2 amide bonds. The van der Waals surface area contributed by atoms with Crippen LogP contribution in [0.1, 0.15) is 5.82 Å². The molecule has 0 bridgehead atoms. The first-order chi connectivity index (χ1) is 11.5. The fourth-order valence-corrected chi connectivity index (χ4v) is 2.02. The fourth-order valence-electron chi connectivity index (χ4n) is 2.02. The van der Waals surface area contributed by atoms with Crippen LogP contribution in [0.25, 0.3) is 5.65 Å². The van der Waals surface area contributed by atoms with Crippen molar-refractivity contribution in [2.75, 3.05) is 5.32 Å². The zero-order valence-corrected chi connectivity index (χ0v) is 12.2. The van der Waals surface area contributed by atoms with Crippen LogP contribution in [0.3, 0.4) is 0 Å². The summed E-state index contributed by atoms with van der Waals surface area (Å²) in [6.07, 6.45) is 1.71. The molecule has 0 aliphatic rings. The minimum absolute atomic E-state index is 0.0384. The smallest absolute Gasteiger partial charge is 0.313 e. The molecular formula is C15H11F2N5O2. The highest BCUT2D eigenvalue weighted by atomic mass is 19.1. The Hall–Kier alpha value is -3.36. The third-order valence-electron chi connectivity index (χ3n) is 3.18. The van der Waals surface area contributed by atoms with E-state index in [4.69, 9.17) is 0 Å². The van der Waals surface area contributed by atoms with E-state index in [2.05, 4.69) is 20.8 Å². The third-order valence-corrected chi connectivity index (χ3v) is 3.18. The van der Waals surface area contributed by atoms with E-state index in [1.165, 1.54) is 0 Å². The van der Waals surface area contributed by atoms with Crippen molar-refractivity contribution in [3.05, 3.63) is 60.1 Å². The number of nitrogens with one attached hydrogen (secondary N) is 2. The van der Waals surface area contributed by atoms with Crippen molar-refractivity contribution in [2.45, 2.75) is 6.54 Å². The van der Waals surface area contributed by atoms with E-state index in [0.717, 1.165) is 12.1 Å². The van der Waals surface area contributed by atoms with Crippen LogP contribution in [0, 0.1) is 11.6 Å². The largest absolute Gasteiger partial charge is 0.341 e. The number of anilines is 1. The predicted molar refractivity (Wildman–Crippen MR) is 79.8 cm³/mol. The molecule has 0 saturated heterocycles. The van der Waals surface area contributed by atoms with Gasteiger partial charge in [-0.1, -0.05) is 6.07 Å². The number of fused-ring (bicyclic) bond motifs is 1. The number of carbonyl (C=O) groups is 2. The van der Waals surface area contributed by atoms with Gasteiger partial charge in [-0.15, -0.1) is 10.2 Å². The highest BCUT2D eigenvalue weighted by Gasteiger charge is 2.16. The first kappa shape index (κ1) is 15.5. The van der Waals surface area contributed by atoms with Crippen molar-refractivity contribution >= 4 is 23.1 Å². The van der Waals surface area contributed by atoms with Crippen molar-refractivity contribution in [1.82, 2.24) is 19.9 Å². The van der Waals surface area contributed by atoms with Gasteiger partial charge >= 0.3 is 11.8 Å². The molecule has 0 aliphatic heterocycles. The van der Waals surface area contributed by atoms with E-state index in [-0.39, 0.29) is 12.2 Å². The van der Waals surface area contributed by atoms with Crippen LogP contribution in [-0.2, 0) is 16.1 Å². The quantitative estimate of drug-likeness (QED) is 0.707. The van der Waals surface area contributed by atoms with E-state index < -0.39 is 23.4 Å². The molecule has 0 aliphatic carbocycles. The maximum Gasteiger partial charge on any atom is 0.313 e. The molecule has 7 nitrogen and oxygen atoms in total. The number of hydrogen-bond donors (Lipinski definition) is 2. The number of rotatable bonds is 3. The lowest BCUT2D eigenvalue weighted by atomic mass is 10.3. The lowest BCUT2D eigenvalue weighted by molar-refractivity contribution is -0.136. The van der Waals surface area contributed by atoms with Crippen LogP contribution in [0.2, 0.25) is 0 Å². The number of halogens is 2. The molecule has 0 radical (unpaired) electrons. The van der Waals surface area contributed by atoms with Gasteiger partial charge in [0, 0.05) is 12.3 Å². The fraction of sp³-hybridized carbons (Fsp3) is 0.0667. The molecule has 122 valence electrons. The Morgan fingerprint density at radius 1 is 1.08 bits per heavy atom. The number of hydrogen-bond acceptors (Lipinski definition) is 4. The molecule has 3 rings (SSSR count). The van der Waals surface area contributed by atoms with Gasteiger partial charge in [0.25, 0.3) is 0 Å². The Morgan fingerprint density at radius 2 is 1.92 bits per heavy atom. The van der Waals surface area contributed by atoms with Crippen LogP contribution in [0.5, 0.6) is 0 Å². The second kappa shape index (κ2) is 6.41. The van der Waals surface area contributed by atoms with E-state index >= 15 is 0 Å². The van der Waals surface area contributed by atoms with Gasteiger partial charge in [-0.2, -0.15) is 0 Å². The zero-order valence-electron chi connectivity index (χ0n) is 12.2. The molecule has 0 unspecified atom stereocenters. The lowest BCUT2D eigenvalue weighted by Gasteiger charge is -2.07. The molecule has 0 saturated carbocycles. The van der Waals surface area contributed by atoms with Gasteiger partial charge in [0.1, 0.15) is 11.6 Å². The maximum absolute atomic E-state index is 13.4. The zero-order chi connectivity index (χ0) is 17.1. The number of benzene rings is 1. The van der Waals surface area contributed by atoms with Gasteiger partial charge in [0.05, 0.1) is 12.2 Å². The van der Waals surface area contributed by atoms with E-state index in [1.807, 2.05) is 0 Å². The normalized spacial score (nSPS) is 10.6. The average Bonchev–Trinajstić information content (AvgIpc) is 2.98.